The predicted molar refractivity (Wildman–Crippen MR) is 135 cm³/mol. The van der Waals surface area contributed by atoms with E-state index >= 15 is 0 Å². The van der Waals surface area contributed by atoms with Crippen LogP contribution in [0.25, 0.3) is 11.0 Å². The van der Waals surface area contributed by atoms with E-state index in [4.69, 9.17) is 21.3 Å². The Morgan fingerprint density at radius 1 is 1.00 bits per heavy atom. The number of amides is 2. The number of hydrogen-bond acceptors (Lipinski definition) is 6. The lowest BCUT2D eigenvalue weighted by atomic mass is 10.2. The van der Waals surface area contributed by atoms with Crippen LogP contribution >= 0.6 is 11.6 Å². The molecule has 0 bridgehead atoms. The summed E-state index contributed by atoms with van der Waals surface area (Å²) in [5.41, 5.74) is 2.26. The zero-order valence-electron chi connectivity index (χ0n) is 18.6. The lowest BCUT2D eigenvalue weighted by Gasteiger charge is -2.28. The first kappa shape index (κ1) is 22.8. The van der Waals surface area contributed by atoms with Crippen molar-refractivity contribution in [3.63, 3.8) is 0 Å². The number of carbonyl (C=O) groups is 1. The molecule has 1 aliphatic rings. The van der Waals surface area contributed by atoms with Crippen LogP contribution in [-0.4, -0.2) is 42.2 Å². The van der Waals surface area contributed by atoms with Crippen LogP contribution in [0, 0.1) is 5.82 Å². The fourth-order valence-corrected chi connectivity index (χ4v) is 3.93. The summed E-state index contributed by atoms with van der Waals surface area (Å²) in [5, 5.41) is 9.15. The van der Waals surface area contributed by atoms with Gasteiger partial charge in [-0.3, -0.25) is 4.98 Å². The molecule has 2 amide bonds. The predicted octanol–water partition coefficient (Wildman–Crippen LogP) is 5.27. The van der Waals surface area contributed by atoms with E-state index in [1.807, 2.05) is 0 Å². The number of carbonyl (C=O) groups excluding carboxylic acids is 1. The fourth-order valence-electron chi connectivity index (χ4n) is 3.74. The van der Waals surface area contributed by atoms with Gasteiger partial charge in [0, 0.05) is 54.7 Å². The minimum atomic E-state index is -0.563. The summed E-state index contributed by atoms with van der Waals surface area (Å²) in [6.07, 6.45) is 1.76. The summed E-state index contributed by atoms with van der Waals surface area (Å²) in [6, 6.07) is 15.6. The molecule has 5 rings (SSSR count). The van der Waals surface area contributed by atoms with Crippen molar-refractivity contribution in [2.45, 2.75) is 0 Å². The van der Waals surface area contributed by atoms with Crippen molar-refractivity contribution in [3.8, 4) is 11.5 Å². The highest BCUT2D eigenvalue weighted by Gasteiger charge is 2.14. The Labute approximate surface area is 206 Å². The quantitative estimate of drug-likeness (QED) is 0.351. The zero-order valence-corrected chi connectivity index (χ0v) is 19.3. The van der Waals surface area contributed by atoms with Gasteiger partial charge in [-0.2, -0.15) is 0 Å². The standard InChI is InChI=1S/C25H22ClFN6O2/c26-16-2-1-3-17(12-16)30-25(34)31-18-4-6-20(27)23(13-18)35-19-5-7-21-22(14-19)32-24(15-29-21)33-10-8-28-9-11-33/h1-7,12-15,28H,8-11H2,(H2,30,31,34). The second kappa shape index (κ2) is 10.1. The molecule has 4 aromatic rings. The number of nitrogens with one attached hydrogen (secondary N) is 3. The van der Waals surface area contributed by atoms with E-state index in [0.29, 0.717) is 33.2 Å². The van der Waals surface area contributed by atoms with Gasteiger partial charge in [0.15, 0.2) is 11.6 Å². The molecule has 1 aliphatic heterocycles. The molecular formula is C25H22ClFN6O2. The highest BCUT2D eigenvalue weighted by Crippen LogP contribution is 2.29. The molecule has 0 aliphatic carbocycles. The number of anilines is 3. The number of fused-ring (bicyclic) bond motifs is 1. The van der Waals surface area contributed by atoms with Gasteiger partial charge in [-0.05, 0) is 42.5 Å². The van der Waals surface area contributed by atoms with Gasteiger partial charge in [-0.1, -0.05) is 17.7 Å². The van der Waals surface area contributed by atoms with E-state index in [2.05, 4.69) is 25.8 Å². The molecule has 2 heterocycles. The molecular weight excluding hydrogens is 471 g/mol. The number of hydrogen-bond donors (Lipinski definition) is 3. The monoisotopic (exact) mass is 492 g/mol. The van der Waals surface area contributed by atoms with Crippen molar-refractivity contribution < 1.29 is 13.9 Å². The normalized spacial score (nSPS) is 13.5. The van der Waals surface area contributed by atoms with Crippen molar-refractivity contribution in [1.29, 1.82) is 0 Å². The molecule has 3 aromatic carbocycles. The molecule has 1 saturated heterocycles. The molecule has 0 spiro atoms. The molecule has 8 nitrogen and oxygen atoms in total. The summed E-state index contributed by atoms with van der Waals surface area (Å²) in [7, 11) is 0. The molecule has 1 fully saturated rings. The van der Waals surface area contributed by atoms with Crippen LogP contribution in [0.5, 0.6) is 11.5 Å². The maximum absolute atomic E-state index is 14.5. The second-order valence-corrected chi connectivity index (χ2v) is 8.39. The number of benzene rings is 3. The highest BCUT2D eigenvalue weighted by molar-refractivity contribution is 6.30. The Morgan fingerprint density at radius 2 is 1.80 bits per heavy atom. The van der Waals surface area contributed by atoms with Crippen molar-refractivity contribution >= 4 is 45.9 Å². The van der Waals surface area contributed by atoms with Gasteiger partial charge in [0.05, 0.1) is 17.2 Å². The first-order valence-electron chi connectivity index (χ1n) is 11.1. The maximum atomic E-state index is 14.5. The minimum absolute atomic E-state index is 0.0314. The van der Waals surface area contributed by atoms with Crippen LogP contribution in [0.15, 0.2) is 66.9 Å². The largest absolute Gasteiger partial charge is 0.454 e. The Kier molecular flexibility index (Phi) is 6.60. The van der Waals surface area contributed by atoms with E-state index in [1.165, 1.54) is 18.2 Å². The summed E-state index contributed by atoms with van der Waals surface area (Å²) in [5.74, 6) is 0.602. The van der Waals surface area contributed by atoms with E-state index in [1.54, 1.807) is 48.7 Å². The molecule has 1 aromatic heterocycles. The second-order valence-electron chi connectivity index (χ2n) is 7.95. The van der Waals surface area contributed by atoms with Gasteiger partial charge < -0.3 is 25.6 Å². The smallest absolute Gasteiger partial charge is 0.323 e. The molecule has 10 heteroatoms. The topological polar surface area (TPSA) is 91.4 Å². The van der Waals surface area contributed by atoms with Crippen LogP contribution in [-0.2, 0) is 0 Å². The van der Waals surface area contributed by atoms with Gasteiger partial charge in [0.1, 0.15) is 11.6 Å². The Balaban J connectivity index is 1.32. The molecule has 3 N–H and O–H groups in total. The lowest BCUT2D eigenvalue weighted by Crippen LogP contribution is -2.43. The number of halogens is 2. The molecule has 35 heavy (non-hydrogen) atoms. The number of ether oxygens (including phenoxy) is 1. The highest BCUT2D eigenvalue weighted by atomic mass is 35.5. The van der Waals surface area contributed by atoms with Crippen LogP contribution in [0.4, 0.5) is 26.4 Å². The van der Waals surface area contributed by atoms with Crippen LogP contribution in [0.2, 0.25) is 5.02 Å². The maximum Gasteiger partial charge on any atom is 0.323 e. The molecule has 0 atom stereocenters. The van der Waals surface area contributed by atoms with Crippen LogP contribution in [0.3, 0.4) is 0 Å². The Hall–Kier alpha value is -3.95. The third-order valence-corrected chi connectivity index (χ3v) is 5.68. The number of nitrogens with zero attached hydrogens (tertiary/aromatic N) is 3. The molecule has 0 radical (unpaired) electrons. The minimum Gasteiger partial charge on any atom is -0.454 e. The summed E-state index contributed by atoms with van der Waals surface area (Å²) >= 11 is 5.95. The number of rotatable bonds is 5. The van der Waals surface area contributed by atoms with Crippen LogP contribution in [0.1, 0.15) is 0 Å². The third kappa shape index (κ3) is 5.59. The Bertz CT molecular complexity index is 1380. The van der Waals surface area contributed by atoms with E-state index < -0.39 is 11.8 Å². The van der Waals surface area contributed by atoms with Gasteiger partial charge in [0.25, 0.3) is 0 Å². The third-order valence-electron chi connectivity index (χ3n) is 5.44. The zero-order chi connectivity index (χ0) is 24.2. The van der Waals surface area contributed by atoms with Crippen molar-refractivity contribution in [2.24, 2.45) is 0 Å². The number of aromatic nitrogens is 2. The Morgan fingerprint density at radius 3 is 2.60 bits per heavy atom. The fraction of sp³-hybridized carbons (Fsp3) is 0.160. The molecule has 0 unspecified atom stereocenters. The van der Waals surface area contributed by atoms with Crippen molar-refractivity contribution in [2.75, 3.05) is 41.7 Å². The average molecular weight is 493 g/mol. The van der Waals surface area contributed by atoms with E-state index in [-0.39, 0.29) is 5.75 Å². The number of piperazine rings is 1. The molecule has 178 valence electrons. The summed E-state index contributed by atoms with van der Waals surface area (Å²) in [4.78, 5) is 23.7. The average Bonchev–Trinajstić information content (AvgIpc) is 2.86. The first-order valence-corrected chi connectivity index (χ1v) is 11.4. The van der Waals surface area contributed by atoms with Crippen LogP contribution < -0.4 is 25.6 Å². The van der Waals surface area contributed by atoms with Gasteiger partial charge in [-0.15, -0.1) is 0 Å². The lowest BCUT2D eigenvalue weighted by molar-refractivity contribution is 0.262. The van der Waals surface area contributed by atoms with Gasteiger partial charge >= 0.3 is 6.03 Å². The van der Waals surface area contributed by atoms with Gasteiger partial charge in [-0.25, -0.2) is 14.2 Å². The first-order chi connectivity index (χ1) is 17.0. The SMILES string of the molecule is O=C(Nc1cccc(Cl)c1)Nc1ccc(F)c(Oc2ccc3ncc(N4CCNCC4)nc3c2)c1. The van der Waals surface area contributed by atoms with Gasteiger partial charge in [0.2, 0.25) is 0 Å². The van der Waals surface area contributed by atoms with Crippen molar-refractivity contribution in [1.82, 2.24) is 15.3 Å². The van der Waals surface area contributed by atoms with Crippen molar-refractivity contribution in [3.05, 3.63) is 77.7 Å². The van der Waals surface area contributed by atoms with E-state index in [9.17, 15) is 9.18 Å². The van der Waals surface area contributed by atoms with E-state index in [0.717, 1.165) is 32.0 Å². The molecule has 0 saturated carbocycles. The summed E-state index contributed by atoms with van der Waals surface area (Å²) in [6.45, 7) is 3.49. The number of urea groups is 1. The summed E-state index contributed by atoms with van der Waals surface area (Å²) < 4.78 is 20.3.